The molecule has 4 rings (SSSR count). The van der Waals surface area contributed by atoms with Gasteiger partial charge in [-0.2, -0.15) is 13.2 Å². The number of aromatic nitrogens is 1. The average molecular weight is 470 g/mol. The summed E-state index contributed by atoms with van der Waals surface area (Å²) in [6.07, 6.45) is -1.86. The number of carbonyl (C=O) groups is 1. The third-order valence-electron chi connectivity index (χ3n) is 6.17. The standard InChI is InChI=1S/C26H25F3N2O3/c1-30(21-4-2-3-20(15-21)26(27,28)29)16-23-22(18-9-10-18)11-12-24(32)31(23)14-13-17-5-7-19(8-6-17)25(33)34/h2-8,11-12,15,18H,9-10,13-14,16H2,1H3,(H,33,34). The van der Waals surface area contributed by atoms with Crippen molar-refractivity contribution in [3.05, 3.63) is 99.0 Å². The van der Waals surface area contributed by atoms with Gasteiger partial charge in [0.2, 0.25) is 0 Å². The van der Waals surface area contributed by atoms with E-state index in [1.807, 2.05) is 6.07 Å². The molecule has 0 atom stereocenters. The molecule has 1 N–H and O–H groups in total. The zero-order chi connectivity index (χ0) is 24.5. The molecule has 5 nitrogen and oxygen atoms in total. The fraction of sp³-hybridized carbons (Fsp3) is 0.308. The molecule has 1 fully saturated rings. The maximum absolute atomic E-state index is 13.2. The van der Waals surface area contributed by atoms with Crippen LogP contribution in [0.4, 0.5) is 18.9 Å². The highest BCUT2D eigenvalue weighted by Gasteiger charge is 2.31. The first-order valence-electron chi connectivity index (χ1n) is 11.1. The number of aromatic carboxylic acids is 1. The number of hydrogen-bond acceptors (Lipinski definition) is 3. The normalized spacial score (nSPS) is 13.6. The SMILES string of the molecule is CN(Cc1c(C2CC2)ccc(=O)n1CCc1ccc(C(=O)O)cc1)c1cccc(C(F)(F)F)c1. The molecule has 34 heavy (non-hydrogen) atoms. The Balaban J connectivity index is 1.62. The molecule has 3 aromatic rings. The van der Waals surface area contributed by atoms with Crippen molar-refractivity contribution in [2.75, 3.05) is 11.9 Å². The van der Waals surface area contributed by atoms with Gasteiger partial charge in [-0.15, -0.1) is 0 Å². The van der Waals surface area contributed by atoms with Crippen LogP contribution in [0.15, 0.2) is 65.5 Å². The Morgan fingerprint density at radius 2 is 1.79 bits per heavy atom. The van der Waals surface area contributed by atoms with Crippen molar-refractivity contribution in [2.24, 2.45) is 0 Å². The minimum absolute atomic E-state index is 0.168. The molecule has 0 amide bonds. The molecule has 178 valence electrons. The largest absolute Gasteiger partial charge is 0.478 e. The summed E-state index contributed by atoms with van der Waals surface area (Å²) in [5.41, 5.74) is 2.49. The van der Waals surface area contributed by atoms with Crippen LogP contribution in [0.1, 0.15) is 51.5 Å². The smallest absolute Gasteiger partial charge is 0.416 e. The molecule has 0 spiro atoms. The average Bonchev–Trinajstić information content (AvgIpc) is 3.64. The van der Waals surface area contributed by atoms with Crippen molar-refractivity contribution in [3.8, 4) is 0 Å². The van der Waals surface area contributed by atoms with Crippen molar-refractivity contribution in [1.29, 1.82) is 0 Å². The van der Waals surface area contributed by atoms with E-state index in [9.17, 15) is 22.8 Å². The van der Waals surface area contributed by atoms with Gasteiger partial charge >= 0.3 is 12.1 Å². The maximum atomic E-state index is 13.2. The lowest BCUT2D eigenvalue weighted by Gasteiger charge is -2.25. The Labute approximate surface area is 195 Å². The lowest BCUT2D eigenvalue weighted by atomic mass is 10.1. The van der Waals surface area contributed by atoms with Crippen LogP contribution in [0.2, 0.25) is 0 Å². The second-order valence-corrected chi connectivity index (χ2v) is 8.66. The second-order valence-electron chi connectivity index (χ2n) is 8.66. The number of anilines is 1. The molecule has 0 bridgehead atoms. The predicted molar refractivity (Wildman–Crippen MR) is 123 cm³/mol. The van der Waals surface area contributed by atoms with E-state index in [0.29, 0.717) is 31.1 Å². The van der Waals surface area contributed by atoms with Gasteiger partial charge < -0.3 is 14.6 Å². The van der Waals surface area contributed by atoms with Gasteiger partial charge in [-0.1, -0.05) is 24.3 Å². The van der Waals surface area contributed by atoms with E-state index in [0.717, 1.165) is 41.8 Å². The number of hydrogen-bond donors (Lipinski definition) is 1. The number of rotatable bonds is 8. The molecule has 0 saturated heterocycles. The van der Waals surface area contributed by atoms with Crippen LogP contribution in [-0.2, 0) is 25.7 Å². The van der Waals surface area contributed by atoms with E-state index >= 15 is 0 Å². The summed E-state index contributed by atoms with van der Waals surface area (Å²) >= 11 is 0. The molecular formula is C26H25F3N2O3. The summed E-state index contributed by atoms with van der Waals surface area (Å²) in [7, 11) is 1.72. The molecule has 1 aliphatic carbocycles. The molecule has 0 radical (unpaired) electrons. The minimum atomic E-state index is -4.43. The molecule has 1 heterocycles. The van der Waals surface area contributed by atoms with Gasteiger partial charge in [0.25, 0.3) is 5.56 Å². The highest BCUT2D eigenvalue weighted by Crippen LogP contribution is 2.42. The van der Waals surface area contributed by atoms with Crippen molar-refractivity contribution in [2.45, 2.75) is 44.4 Å². The highest BCUT2D eigenvalue weighted by molar-refractivity contribution is 5.87. The Hall–Kier alpha value is -3.55. The van der Waals surface area contributed by atoms with Crippen LogP contribution in [0.3, 0.4) is 0 Å². The second kappa shape index (κ2) is 9.37. The Morgan fingerprint density at radius 3 is 2.41 bits per heavy atom. The lowest BCUT2D eigenvalue weighted by molar-refractivity contribution is -0.137. The van der Waals surface area contributed by atoms with Crippen LogP contribution >= 0.6 is 0 Å². The Morgan fingerprint density at radius 1 is 1.09 bits per heavy atom. The fourth-order valence-corrected chi connectivity index (χ4v) is 4.11. The number of carboxylic acids is 1. The molecule has 1 saturated carbocycles. The van der Waals surface area contributed by atoms with E-state index in [1.54, 1.807) is 40.8 Å². The summed E-state index contributed by atoms with van der Waals surface area (Å²) in [6.45, 7) is 0.679. The summed E-state index contributed by atoms with van der Waals surface area (Å²) in [6, 6.07) is 15.1. The summed E-state index contributed by atoms with van der Waals surface area (Å²) < 4.78 is 41.3. The van der Waals surface area contributed by atoms with Crippen LogP contribution in [0.5, 0.6) is 0 Å². The number of nitrogens with zero attached hydrogens (tertiary/aromatic N) is 2. The van der Waals surface area contributed by atoms with E-state index in [-0.39, 0.29) is 11.1 Å². The summed E-state index contributed by atoms with van der Waals surface area (Å²) in [5, 5.41) is 9.07. The number of aryl methyl sites for hydroxylation is 1. The van der Waals surface area contributed by atoms with E-state index in [2.05, 4.69) is 0 Å². The number of benzene rings is 2. The number of pyridine rings is 1. The predicted octanol–water partition coefficient (Wildman–Crippen LogP) is 5.32. The van der Waals surface area contributed by atoms with E-state index in [1.165, 1.54) is 18.2 Å². The zero-order valence-corrected chi connectivity index (χ0v) is 18.7. The van der Waals surface area contributed by atoms with Crippen LogP contribution in [0.25, 0.3) is 0 Å². The number of halogens is 3. The van der Waals surface area contributed by atoms with Gasteiger partial charge in [-0.3, -0.25) is 4.79 Å². The molecule has 0 unspecified atom stereocenters. The van der Waals surface area contributed by atoms with Crippen LogP contribution < -0.4 is 10.5 Å². The third kappa shape index (κ3) is 5.32. The first kappa shape index (κ1) is 23.6. The van der Waals surface area contributed by atoms with E-state index < -0.39 is 17.7 Å². The monoisotopic (exact) mass is 470 g/mol. The summed E-state index contributed by atoms with van der Waals surface area (Å²) in [4.78, 5) is 25.6. The first-order chi connectivity index (χ1) is 16.1. The Bertz CT molecular complexity index is 1250. The zero-order valence-electron chi connectivity index (χ0n) is 18.7. The highest BCUT2D eigenvalue weighted by atomic mass is 19.4. The molecule has 0 aliphatic heterocycles. The molecule has 2 aromatic carbocycles. The number of carboxylic acid groups (broad SMARTS) is 1. The fourth-order valence-electron chi connectivity index (χ4n) is 4.11. The lowest BCUT2D eigenvalue weighted by Crippen LogP contribution is -2.29. The third-order valence-corrected chi connectivity index (χ3v) is 6.17. The van der Waals surface area contributed by atoms with Crippen molar-refractivity contribution >= 4 is 11.7 Å². The molecule has 8 heteroatoms. The van der Waals surface area contributed by atoms with Crippen molar-refractivity contribution < 1.29 is 23.1 Å². The minimum Gasteiger partial charge on any atom is -0.478 e. The van der Waals surface area contributed by atoms with Gasteiger partial charge in [0.15, 0.2) is 0 Å². The van der Waals surface area contributed by atoms with Gasteiger partial charge in [0.05, 0.1) is 17.7 Å². The van der Waals surface area contributed by atoms with Gasteiger partial charge in [-0.25, -0.2) is 4.79 Å². The summed E-state index contributed by atoms with van der Waals surface area (Å²) in [5.74, 6) is -0.647. The van der Waals surface area contributed by atoms with Gasteiger partial charge in [0, 0.05) is 31.0 Å². The van der Waals surface area contributed by atoms with Gasteiger partial charge in [0.1, 0.15) is 0 Å². The van der Waals surface area contributed by atoms with Crippen LogP contribution in [-0.4, -0.2) is 22.7 Å². The quantitative estimate of drug-likeness (QED) is 0.484. The van der Waals surface area contributed by atoms with Crippen molar-refractivity contribution in [3.63, 3.8) is 0 Å². The van der Waals surface area contributed by atoms with Gasteiger partial charge in [-0.05, 0) is 66.6 Å². The molecule has 1 aliphatic rings. The number of alkyl halides is 3. The maximum Gasteiger partial charge on any atom is 0.416 e. The molecular weight excluding hydrogens is 445 g/mol. The topological polar surface area (TPSA) is 62.5 Å². The first-order valence-corrected chi connectivity index (χ1v) is 11.1. The van der Waals surface area contributed by atoms with Crippen molar-refractivity contribution in [1.82, 2.24) is 4.57 Å². The molecule has 1 aromatic heterocycles. The van der Waals surface area contributed by atoms with E-state index in [4.69, 9.17) is 5.11 Å². The Kier molecular flexibility index (Phi) is 6.50. The van der Waals surface area contributed by atoms with Crippen LogP contribution in [0, 0.1) is 0 Å².